The maximum atomic E-state index is 12.5. The molecule has 1 saturated heterocycles. The summed E-state index contributed by atoms with van der Waals surface area (Å²) in [6.45, 7) is 5.01. The number of piperazine rings is 1. The van der Waals surface area contributed by atoms with Crippen LogP contribution in [0.25, 0.3) is 10.9 Å². The van der Waals surface area contributed by atoms with E-state index in [1.54, 1.807) is 18.2 Å². The predicted octanol–water partition coefficient (Wildman–Crippen LogP) is 4.35. The largest absolute Gasteiger partial charge is 0.494 e. The number of fused-ring (bicyclic) bond motifs is 1. The monoisotopic (exact) mass is 529 g/mol. The summed E-state index contributed by atoms with van der Waals surface area (Å²) in [5.74, 6) is -0.0138. The Balaban J connectivity index is 1.38. The van der Waals surface area contributed by atoms with Crippen molar-refractivity contribution in [2.75, 3.05) is 30.9 Å². The molecule has 38 heavy (non-hydrogen) atoms. The van der Waals surface area contributed by atoms with Crippen molar-refractivity contribution >= 4 is 38.0 Å². The van der Waals surface area contributed by atoms with E-state index in [1.807, 2.05) is 42.5 Å². The molecule has 1 aliphatic carbocycles. The first-order valence-electron chi connectivity index (χ1n) is 13.0. The van der Waals surface area contributed by atoms with E-state index in [1.165, 1.54) is 5.56 Å². The molecular weight excluding hydrogens is 498 g/mol. The number of aliphatic imine (C=N–C) groups is 1. The zero-order valence-electron chi connectivity index (χ0n) is 21.0. The first kappa shape index (κ1) is 24.7. The van der Waals surface area contributed by atoms with Crippen LogP contribution in [-0.4, -0.2) is 60.5 Å². The fourth-order valence-electron chi connectivity index (χ4n) is 4.90. The standard InChI is InChI=1S/C29H31N5O3S/c35-29-27(25-18-23(10-13-26(25)32-29)33-38(36,37)24-11-12-24)28(21-4-2-1-3-5-21)31-22-8-6-20(7-9-22)19-34-16-14-30-15-17-34/h1-10,13,18,24,30,32-33,35H,11-12,14-17,19H2. The van der Waals surface area contributed by atoms with Crippen LogP contribution in [0.1, 0.15) is 29.5 Å². The minimum absolute atomic E-state index is 0.0138. The smallest absolute Gasteiger partial charge is 0.235 e. The third-order valence-corrected chi connectivity index (χ3v) is 8.95. The van der Waals surface area contributed by atoms with Crippen molar-refractivity contribution in [1.82, 2.24) is 15.2 Å². The van der Waals surface area contributed by atoms with Crippen molar-refractivity contribution in [1.29, 1.82) is 0 Å². The van der Waals surface area contributed by atoms with E-state index >= 15 is 0 Å². The SMILES string of the molecule is O=S(=O)(Nc1ccc2[nH]c(O)c(C(=Nc3ccc(CN4CCNCC4)cc3)c3ccccc3)c2c1)C1CC1. The molecule has 6 rings (SSSR count). The van der Waals surface area contributed by atoms with E-state index in [4.69, 9.17) is 4.99 Å². The Kier molecular flexibility index (Phi) is 6.65. The molecule has 1 aliphatic heterocycles. The molecule has 2 heterocycles. The minimum atomic E-state index is -3.41. The van der Waals surface area contributed by atoms with Gasteiger partial charge in [0, 0.05) is 54.9 Å². The van der Waals surface area contributed by atoms with Crippen LogP contribution in [0, 0.1) is 0 Å². The lowest BCUT2D eigenvalue weighted by molar-refractivity contribution is 0.233. The van der Waals surface area contributed by atoms with Gasteiger partial charge in [-0.1, -0.05) is 42.5 Å². The normalized spacial score (nSPS) is 17.1. The van der Waals surface area contributed by atoms with Gasteiger partial charge in [0.15, 0.2) is 5.88 Å². The van der Waals surface area contributed by atoms with Gasteiger partial charge in [0.25, 0.3) is 0 Å². The van der Waals surface area contributed by atoms with E-state index in [0.717, 1.165) is 44.0 Å². The van der Waals surface area contributed by atoms with Crippen LogP contribution in [-0.2, 0) is 16.6 Å². The van der Waals surface area contributed by atoms with Crippen LogP contribution in [0.2, 0.25) is 0 Å². The Morgan fingerprint density at radius 2 is 1.74 bits per heavy atom. The second-order valence-corrected chi connectivity index (χ2v) is 11.9. The third kappa shape index (κ3) is 5.31. The number of aromatic amines is 1. The summed E-state index contributed by atoms with van der Waals surface area (Å²) in [6.07, 6.45) is 1.37. The Morgan fingerprint density at radius 3 is 2.45 bits per heavy atom. The van der Waals surface area contributed by atoms with E-state index in [2.05, 4.69) is 32.1 Å². The Bertz CT molecular complexity index is 1570. The van der Waals surface area contributed by atoms with Gasteiger partial charge in [0.05, 0.1) is 22.2 Å². The summed E-state index contributed by atoms with van der Waals surface area (Å²) in [6, 6.07) is 23.2. The van der Waals surface area contributed by atoms with Gasteiger partial charge < -0.3 is 15.4 Å². The lowest BCUT2D eigenvalue weighted by Crippen LogP contribution is -2.42. The van der Waals surface area contributed by atoms with Crippen molar-refractivity contribution in [2.24, 2.45) is 4.99 Å². The quantitative estimate of drug-likeness (QED) is 0.254. The second-order valence-electron chi connectivity index (χ2n) is 9.97. The maximum Gasteiger partial charge on any atom is 0.235 e. The Morgan fingerprint density at radius 1 is 1.00 bits per heavy atom. The molecule has 4 N–H and O–H groups in total. The van der Waals surface area contributed by atoms with Gasteiger partial charge in [-0.3, -0.25) is 9.62 Å². The molecule has 0 radical (unpaired) electrons. The third-order valence-electron chi connectivity index (χ3n) is 7.08. The Labute approximate surface area is 222 Å². The number of rotatable bonds is 8. The number of H-pyrrole nitrogens is 1. The van der Waals surface area contributed by atoms with Gasteiger partial charge in [-0.2, -0.15) is 0 Å². The number of aromatic nitrogens is 1. The second kappa shape index (κ2) is 10.2. The summed E-state index contributed by atoms with van der Waals surface area (Å²) in [5.41, 5.74) is 5.14. The summed E-state index contributed by atoms with van der Waals surface area (Å²) in [7, 11) is -3.41. The maximum absolute atomic E-state index is 12.5. The zero-order chi connectivity index (χ0) is 26.1. The van der Waals surface area contributed by atoms with E-state index in [0.29, 0.717) is 40.7 Å². The minimum Gasteiger partial charge on any atom is -0.494 e. The van der Waals surface area contributed by atoms with Crippen molar-refractivity contribution in [3.8, 4) is 5.88 Å². The lowest BCUT2D eigenvalue weighted by Gasteiger charge is -2.27. The lowest BCUT2D eigenvalue weighted by atomic mass is 10.0. The van der Waals surface area contributed by atoms with E-state index in [9.17, 15) is 13.5 Å². The summed E-state index contributed by atoms with van der Waals surface area (Å²) >= 11 is 0. The highest BCUT2D eigenvalue weighted by molar-refractivity contribution is 7.93. The van der Waals surface area contributed by atoms with Crippen LogP contribution in [0.5, 0.6) is 5.88 Å². The van der Waals surface area contributed by atoms with Gasteiger partial charge in [0.2, 0.25) is 10.0 Å². The highest BCUT2D eigenvalue weighted by Gasteiger charge is 2.35. The molecule has 4 aromatic rings. The van der Waals surface area contributed by atoms with Gasteiger partial charge in [-0.25, -0.2) is 13.4 Å². The number of aromatic hydroxyl groups is 1. The molecule has 0 bridgehead atoms. The first-order chi connectivity index (χ1) is 18.5. The van der Waals surface area contributed by atoms with Gasteiger partial charge in [-0.05, 0) is 48.7 Å². The predicted molar refractivity (Wildman–Crippen MR) is 152 cm³/mol. The number of anilines is 1. The van der Waals surface area contributed by atoms with Crippen LogP contribution < -0.4 is 10.0 Å². The van der Waals surface area contributed by atoms with Gasteiger partial charge in [0.1, 0.15) is 0 Å². The zero-order valence-corrected chi connectivity index (χ0v) is 21.8. The van der Waals surface area contributed by atoms with Crippen molar-refractivity contribution < 1.29 is 13.5 Å². The molecule has 0 atom stereocenters. The number of nitrogens with one attached hydrogen (secondary N) is 3. The topological polar surface area (TPSA) is 110 Å². The van der Waals surface area contributed by atoms with Crippen molar-refractivity contribution in [3.63, 3.8) is 0 Å². The van der Waals surface area contributed by atoms with Crippen LogP contribution in [0.4, 0.5) is 11.4 Å². The highest BCUT2D eigenvalue weighted by atomic mass is 32.2. The van der Waals surface area contributed by atoms with E-state index in [-0.39, 0.29) is 11.1 Å². The number of sulfonamides is 1. The van der Waals surface area contributed by atoms with Gasteiger partial charge in [-0.15, -0.1) is 0 Å². The highest BCUT2D eigenvalue weighted by Crippen LogP contribution is 2.35. The van der Waals surface area contributed by atoms with Crippen LogP contribution >= 0.6 is 0 Å². The summed E-state index contributed by atoms with van der Waals surface area (Å²) < 4.78 is 27.8. The molecule has 3 aromatic carbocycles. The number of hydrogen-bond donors (Lipinski definition) is 4. The number of benzene rings is 3. The Hall–Kier alpha value is -3.66. The number of hydrogen-bond acceptors (Lipinski definition) is 6. The van der Waals surface area contributed by atoms with Crippen LogP contribution in [0.15, 0.2) is 77.8 Å². The molecular formula is C29H31N5O3S. The molecule has 0 unspecified atom stereocenters. The fourth-order valence-corrected chi connectivity index (χ4v) is 6.28. The molecule has 8 nitrogen and oxygen atoms in total. The fraction of sp³-hybridized carbons (Fsp3) is 0.276. The summed E-state index contributed by atoms with van der Waals surface area (Å²) in [5, 5.41) is 14.8. The van der Waals surface area contributed by atoms with E-state index < -0.39 is 10.0 Å². The molecule has 196 valence electrons. The average Bonchev–Trinajstić information content (AvgIpc) is 3.74. The molecule has 1 aromatic heterocycles. The first-order valence-corrected chi connectivity index (χ1v) is 14.5. The molecule has 9 heteroatoms. The average molecular weight is 530 g/mol. The van der Waals surface area contributed by atoms with Crippen LogP contribution in [0.3, 0.4) is 0 Å². The molecule has 1 saturated carbocycles. The number of nitrogens with zero attached hydrogens (tertiary/aromatic N) is 2. The molecule has 2 fully saturated rings. The summed E-state index contributed by atoms with van der Waals surface area (Å²) in [4.78, 5) is 10.5. The molecule has 2 aliphatic rings. The molecule has 0 spiro atoms. The van der Waals surface area contributed by atoms with Crippen molar-refractivity contribution in [2.45, 2.75) is 24.6 Å². The molecule has 0 amide bonds. The van der Waals surface area contributed by atoms with Crippen molar-refractivity contribution in [3.05, 3.63) is 89.5 Å². The van der Waals surface area contributed by atoms with Gasteiger partial charge >= 0.3 is 0 Å².